The number of aryl methyl sites for hydroxylation is 1. The fraction of sp³-hybridized carbons (Fsp3) is 0.250. The molecule has 0 spiro atoms. The molecular weight excluding hydrogens is 573 g/mol. The van der Waals surface area contributed by atoms with Gasteiger partial charge in [-0.15, -0.1) is 0 Å². The Bertz CT molecular complexity index is 436. The van der Waals surface area contributed by atoms with Crippen LogP contribution in [0.4, 0.5) is 0 Å². The Morgan fingerprint density at radius 1 is 1.11 bits per heavy atom. The number of hydrogen-bond acceptors (Lipinski definition) is 3. The molecule has 0 aromatic heterocycles. The van der Waals surface area contributed by atoms with E-state index in [0.29, 0.717) is 12.4 Å². The summed E-state index contributed by atoms with van der Waals surface area (Å²) in [5.74, 6) is 0.162. The third-order valence-electron chi connectivity index (χ3n) is 1.91. The summed E-state index contributed by atoms with van der Waals surface area (Å²) < 4.78 is 12.6. The molecule has 98 valence electrons. The molecule has 1 aromatic rings. The summed E-state index contributed by atoms with van der Waals surface area (Å²) in [6, 6.07) is 7.33. The Kier molecular flexibility index (Phi) is 8.03. The third kappa shape index (κ3) is 6.66. The Labute approximate surface area is 147 Å². The van der Waals surface area contributed by atoms with Crippen LogP contribution < -0.4 is 4.74 Å². The zero-order valence-corrected chi connectivity index (χ0v) is 16.1. The first-order chi connectivity index (χ1) is 8.49. The molecule has 0 atom stereocenters. The number of esters is 1. The van der Waals surface area contributed by atoms with E-state index in [4.69, 9.17) is 9.47 Å². The predicted octanol–water partition coefficient (Wildman–Crippen LogP) is 4.39. The van der Waals surface area contributed by atoms with Gasteiger partial charge in [0.05, 0.1) is 8.19 Å². The molecule has 0 aliphatic heterocycles. The summed E-state index contributed by atoms with van der Waals surface area (Å²) in [4.78, 5) is 11.5. The van der Waals surface area contributed by atoms with Gasteiger partial charge < -0.3 is 9.47 Å². The number of benzene rings is 1. The molecule has 18 heavy (non-hydrogen) atoms. The van der Waals surface area contributed by atoms with Gasteiger partial charge in [0, 0.05) is 3.58 Å². The van der Waals surface area contributed by atoms with Crippen LogP contribution in [0.5, 0.6) is 5.75 Å². The highest BCUT2D eigenvalue weighted by Crippen LogP contribution is 2.25. The zero-order chi connectivity index (χ0) is 13.5. The minimum Gasteiger partial charge on any atom is -0.425 e. The van der Waals surface area contributed by atoms with Crippen molar-refractivity contribution in [3.63, 3.8) is 0 Å². The number of ether oxygens (including phenoxy) is 2. The molecule has 0 heterocycles. The predicted molar refractivity (Wildman–Crippen MR) is 96.7 cm³/mol. The van der Waals surface area contributed by atoms with Crippen molar-refractivity contribution < 1.29 is 14.3 Å². The Hall–Kier alpha value is 0.580. The van der Waals surface area contributed by atoms with Crippen LogP contribution in [0, 0.1) is 6.92 Å². The molecule has 0 bridgehead atoms. The van der Waals surface area contributed by atoms with Crippen molar-refractivity contribution in [1.29, 1.82) is 0 Å². The van der Waals surface area contributed by atoms with Gasteiger partial charge in [-0.2, -0.15) is 0 Å². The van der Waals surface area contributed by atoms with Gasteiger partial charge in [-0.25, -0.2) is 4.79 Å². The van der Waals surface area contributed by atoms with Gasteiger partial charge in [-0.05, 0) is 86.8 Å². The van der Waals surface area contributed by atoms with Crippen molar-refractivity contribution >= 4 is 73.7 Å². The molecule has 1 aromatic carbocycles. The highest BCUT2D eigenvalue weighted by Gasteiger charge is 2.06. The smallest absolute Gasteiger partial charge is 0.337 e. The number of carbonyl (C=O) groups is 1. The molecule has 0 fully saturated rings. The Morgan fingerprint density at radius 2 is 1.72 bits per heavy atom. The van der Waals surface area contributed by atoms with E-state index in [1.54, 1.807) is 12.1 Å². The van der Waals surface area contributed by atoms with Crippen LogP contribution in [0.15, 0.2) is 29.4 Å². The maximum Gasteiger partial charge on any atom is 0.337 e. The van der Waals surface area contributed by atoms with E-state index in [0.717, 1.165) is 10.7 Å². The van der Waals surface area contributed by atoms with Crippen molar-refractivity contribution in [1.82, 2.24) is 0 Å². The molecule has 0 radical (unpaired) electrons. The second-order valence-electron chi connectivity index (χ2n) is 3.45. The van der Waals surface area contributed by atoms with Gasteiger partial charge >= 0.3 is 5.97 Å². The maximum absolute atomic E-state index is 11.5. The van der Waals surface area contributed by atoms with Crippen LogP contribution in [-0.2, 0) is 9.53 Å². The van der Waals surface area contributed by atoms with Gasteiger partial charge in [-0.3, -0.25) is 0 Å². The summed E-state index contributed by atoms with van der Waals surface area (Å²) in [5.41, 5.74) is 1.13. The van der Waals surface area contributed by atoms with Gasteiger partial charge in [0.15, 0.2) is 0 Å². The average Bonchev–Trinajstić information content (AvgIpc) is 2.32. The van der Waals surface area contributed by atoms with Crippen LogP contribution in [0.2, 0.25) is 0 Å². The molecule has 1 rings (SSSR count). The maximum atomic E-state index is 11.5. The van der Waals surface area contributed by atoms with E-state index in [1.807, 2.05) is 19.1 Å². The highest BCUT2D eigenvalue weighted by molar-refractivity contribution is 14.2. The van der Waals surface area contributed by atoms with E-state index in [2.05, 4.69) is 67.8 Å². The fourth-order valence-corrected chi connectivity index (χ4v) is 1.58. The van der Waals surface area contributed by atoms with E-state index in [-0.39, 0.29) is 12.6 Å². The molecule has 6 heteroatoms. The lowest BCUT2D eigenvalue weighted by Crippen LogP contribution is -2.16. The summed E-state index contributed by atoms with van der Waals surface area (Å²) in [7, 11) is 0. The standard InChI is InChI=1S/C12H11I3O3/c1-8-2-4-9(5-3-8)18-11(16)7-17-6-10(13)12(14)15/h2-5H,6-7H2,1H3. The molecule has 0 aliphatic carbocycles. The van der Waals surface area contributed by atoms with Gasteiger partial charge in [0.2, 0.25) is 0 Å². The minimum absolute atomic E-state index is 0.0407. The van der Waals surface area contributed by atoms with Crippen LogP contribution >= 0.6 is 67.8 Å². The molecule has 0 saturated heterocycles. The van der Waals surface area contributed by atoms with Crippen molar-refractivity contribution in [2.24, 2.45) is 0 Å². The summed E-state index contributed by atoms with van der Waals surface area (Å²) in [6.45, 7) is 2.38. The largest absolute Gasteiger partial charge is 0.425 e. The molecule has 0 N–H and O–H groups in total. The molecule has 0 amide bonds. The third-order valence-corrected chi connectivity index (χ3v) is 6.12. The fourth-order valence-electron chi connectivity index (χ4n) is 1.05. The lowest BCUT2D eigenvalue weighted by Gasteiger charge is -2.05. The van der Waals surface area contributed by atoms with E-state index in [1.165, 1.54) is 0 Å². The molecule has 0 saturated carbocycles. The van der Waals surface area contributed by atoms with Crippen molar-refractivity contribution in [2.75, 3.05) is 13.2 Å². The normalized spacial score (nSPS) is 10.0. The first-order valence-corrected chi connectivity index (χ1v) is 8.27. The van der Waals surface area contributed by atoms with Gasteiger partial charge in [0.1, 0.15) is 12.4 Å². The monoisotopic (exact) mass is 584 g/mol. The topological polar surface area (TPSA) is 35.5 Å². The summed E-state index contributed by atoms with van der Waals surface area (Å²) in [6.07, 6.45) is 0. The number of carbonyl (C=O) groups excluding carboxylic acids is 1. The Morgan fingerprint density at radius 3 is 2.28 bits per heavy atom. The molecule has 0 aliphatic rings. The van der Waals surface area contributed by atoms with E-state index >= 15 is 0 Å². The first kappa shape index (κ1) is 16.6. The molecule has 0 unspecified atom stereocenters. The van der Waals surface area contributed by atoms with Crippen molar-refractivity contribution in [2.45, 2.75) is 6.92 Å². The average molecular weight is 584 g/mol. The number of halogens is 3. The lowest BCUT2D eigenvalue weighted by molar-refractivity contribution is -0.139. The second kappa shape index (κ2) is 8.69. The Balaban J connectivity index is 2.34. The van der Waals surface area contributed by atoms with Gasteiger partial charge in [0.25, 0.3) is 0 Å². The van der Waals surface area contributed by atoms with Gasteiger partial charge in [-0.1, -0.05) is 17.7 Å². The SMILES string of the molecule is Cc1ccc(OC(=O)COCC(I)=C(I)I)cc1. The van der Waals surface area contributed by atoms with Crippen LogP contribution in [0.1, 0.15) is 5.56 Å². The van der Waals surface area contributed by atoms with E-state index in [9.17, 15) is 4.79 Å². The van der Waals surface area contributed by atoms with Crippen LogP contribution in [0.25, 0.3) is 0 Å². The summed E-state index contributed by atoms with van der Waals surface area (Å²) in [5, 5.41) is 0. The second-order valence-corrected chi connectivity index (χ2v) is 8.97. The lowest BCUT2D eigenvalue weighted by atomic mass is 10.2. The number of rotatable bonds is 5. The summed E-state index contributed by atoms with van der Waals surface area (Å²) >= 11 is 6.61. The van der Waals surface area contributed by atoms with E-state index < -0.39 is 0 Å². The highest BCUT2D eigenvalue weighted by atomic mass is 127. The first-order valence-electron chi connectivity index (χ1n) is 5.04. The minimum atomic E-state index is -0.383. The van der Waals surface area contributed by atoms with Crippen molar-refractivity contribution in [3.05, 3.63) is 35.0 Å². The number of hydrogen-bond donors (Lipinski definition) is 0. The van der Waals surface area contributed by atoms with Crippen LogP contribution in [-0.4, -0.2) is 19.2 Å². The zero-order valence-electron chi connectivity index (χ0n) is 9.58. The van der Waals surface area contributed by atoms with Crippen LogP contribution in [0.3, 0.4) is 0 Å². The van der Waals surface area contributed by atoms with Crippen molar-refractivity contribution in [3.8, 4) is 5.75 Å². The molecule has 3 nitrogen and oxygen atoms in total. The quantitative estimate of drug-likeness (QED) is 0.293. The molecular formula is C12H11I3O3.